The molecule has 0 heterocycles. The summed E-state index contributed by atoms with van der Waals surface area (Å²) in [6.45, 7) is 0. The number of hydrogen-bond acceptors (Lipinski definition) is 2. The van der Waals surface area contributed by atoms with Gasteiger partial charge in [0.25, 0.3) is 0 Å². The Hall–Kier alpha value is 0.01000. The Bertz CT molecular complexity index is 341. The molecular weight excluding hydrogens is 284 g/mol. The van der Waals surface area contributed by atoms with Gasteiger partial charge in [-0.2, -0.15) is 0 Å². The largest absolute Gasteiger partial charge is 0.298 e. The molecule has 0 aromatic heterocycles. The van der Waals surface area contributed by atoms with Gasteiger partial charge >= 0.3 is 0 Å². The maximum absolute atomic E-state index is 11.2. The third-order valence-corrected chi connectivity index (χ3v) is 3.19. The van der Waals surface area contributed by atoms with Crippen LogP contribution in [0.5, 0.6) is 0 Å². The molecule has 0 unspecified atom stereocenters. The molecule has 0 amide bonds. The van der Waals surface area contributed by atoms with Crippen LogP contribution in [-0.4, -0.2) is 11.1 Å². The van der Waals surface area contributed by atoms with E-state index in [2.05, 4.69) is 28.6 Å². The Balaban J connectivity index is 2.84. The molecule has 0 bridgehead atoms. The number of carbonyl (C=O) groups is 1. The van der Waals surface area contributed by atoms with Crippen molar-refractivity contribution in [2.24, 2.45) is 0 Å². The molecule has 0 spiro atoms. The van der Waals surface area contributed by atoms with E-state index in [-0.39, 0.29) is 5.78 Å². The topological polar surface area (TPSA) is 17.1 Å². The second-order valence-electron chi connectivity index (χ2n) is 2.95. The highest BCUT2D eigenvalue weighted by Crippen LogP contribution is 2.18. The van der Waals surface area contributed by atoms with E-state index in [1.165, 1.54) is 0 Å². The minimum Gasteiger partial charge on any atom is -0.298 e. The quantitative estimate of drug-likeness (QED) is 0.666. The third-order valence-electron chi connectivity index (χ3n) is 1.84. The predicted octanol–water partition coefficient (Wildman–Crippen LogP) is 3.22. The van der Waals surface area contributed by atoms with E-state index < -0.39 is 0 Å². The molecule has 0 saturated heterocycles. The molecule has 1 nitrogen and oxygen atoms in total. The van der Waals surface area contributed by atoms with Crippen molar-refractivity contribution in [1.82, 2.24) is 0 Å². The highest BCUT2D eigenvalue weighted by molar-refractivity contribution is 9.09. The van der Waals surface area contributed by atoms with Crippen LogP contribution in [0.2, 0.25) is 0 Å². The molecule has 4 heteroatoms. The average molecular weight is 294 g/mol. The summed E-state index contributed by atoms with van der Waals surface area (Å²) in [6, 6.07) is 5.70. The number of rotatable bonds is 4. The second kappa shape index (κ2) is 5.79. The Morgan fingerprint density at radius 3 is 2.79 bits per heavy atom. The van der Waals surface area contributed by atoms with Gasteiger partial charge in [0, 0.05) is 17.2 Å². The summed E-state index contributed by atoms with van der Waals surface area (Å²) < 4.78 is 0. The number of hydrogen-bond donors (Lipinski definition) is 1. The number of carbonyl (C=O) groups excluding carboxylic acids is 1. The molecule has 0 fully saturated rings. The van der Waals surface area contributed by atoms with Gasteiger partial charge in [-0.05, 0) is 17.2 Å². The lowest BCUT2D eigenvalue weighted by atomic mass is 10.1. The molecule has 0 radical (unpaired) electrons. The number of benzene rings is 1. The summed E-state index contributed by atoms with van der Waals surface area (Å²) >= 11 is 13.1. The van der Waals surface area contributed by atoms with Gasteiger partial charge in [0.15, 0.2) is 0 Å². The van der Waals surface area contributed by atoms with Gasteiger partial charge in [-0.15, -0.1) is 24.2 Å². The predicted molar refractivity (Wildman–Crippen MR) is 65.8 cm³/mol. The average Bonchev–Trinajstić information content (AvgIpc) is 2.20. The lowest BCUT2D eigenvalue weighted by Crippen LogP contribution is -2.03. The lowest BCUT2D eigenvalue weighted by Gasteiger charge is -2.04. The summed E-state index contributed by atoms with van der Waals surface area (Å²) in [5.41, 5.74) is 1.96. The van der Waals surface area contributed by atoms with Crippen LogP contribution in [0, 0.1) is 0 Å². The van der Waals surface area contributed by atoms with Crippen molar-refractivity contribution in [2.75, 3.05) is 5.33 Å². The molecule has 1 rings (SSSR count). The molecule has 0 atom stereocenters. The van der Waals surface area contributed by atoms with E-state index in [4.69, 9.17) is 11.6 Å². The van der Waals surface area contributed by atoms with Crippen molar-refractivity contribution in [3.63, 3.8) is 0 Å². The normalized spacial score (nSPS) is 10.2. The Labute approximate surface area is 102 Å². The summed E-state index contributed by atoms with van der Waals surface area (Å²) in [5, 5.41) is 0.395. The summed E-state index contributed by atoms with van der Waals surface area (Å²) in [4.78, 5) is 12.0. The molecule has 1 aromatic rings. The zero-order chi connectivity index (χ0) is 10.6. The minimum atomic E-state index is 0.164. The summed E-state index contributed by atoms with van der Waals surface area (Å²) in [7, 11) is 0. The Morgan fingerprint density at radius 2 is 2.21 bits per heavy atom. The van der Waals surface area contributed by atoms with Gasteiger partial charge < -0.3 is 0 Å². The van der Waals surface area contributed by atoms with Crippen LogP contribution in [0.1, 0.15) is 11.1 Å². The Morgan fingerprint density at radius 1 is 1.50 bits per heavy atom. The summed E-state index contributed by atoms with van der Waals surface area (Å²) in [6.07, 6.45) is 0.448. The van der Waals surface area contributed by atoms with Crippen LogP contribution in [0.3, 0.4) is 0 Å². The first-order chi connectivity index (χ1) is 6.67. The van der Waals surface area contributed by atoms with Crippen LogP contribution in [0.25, 0.3) is 0 Å². The Kier molecular flexibility index (Phi) is 4.99. The first-order valence-corrected chi connectivity index (χ1v) is 6.22. The van der Waals surface area contributed by atoms with Crippen molar-refractivity contribution < 1.29 is 4.79 Å². The molecular formula is C10H10BrClOS. The molecule has 76 valence electrons. The van der Waals surface area contributed by atoms with Crippen molar-refractivity contribution in [1.29, 1.82) is 0 Å². The van der Waals surface area contributed by atoms with E-state index in [0.29, 0.717) is 17.6 Å². The standard InChI is InChI=1S/C10H10BrClOS/c11-5-9(13)4-7-1-2-10(14)8(3-7)6-12/h1-3,14H,4-6H2. The van der Waals surface area contributed by atoms with Gasteiger partial charge in [0.2, 0.25) is 0 Å². The third kappa shape index (κ3) is 3.30. The van der Waals surface area contributed by atoms with E-state index in [0.717, 1.165) is 16.0 Å². The van der Waals surface area contributed by atoms with Gasteiger partial charge in [0.05, 0.1) is 5.33 Å². The van der Waals surface area contributed by atoms with Crippen LogP contribution >= 0.6 is 40.2 Å². The van der Waals surface area contributed by atoms with Crippen LogP contribution in [0.15, 0.2) is 23.1 Å². The van der Waals surface area contributed by atoms with E-state index in [9.17, 15) is 4.79 Å². The molecule has 0 N–H and O–H groups in total. The van der Waals surface area contributed by atoms with Crippen molar-refractivity contribution >= 4 is 45.9 Å². The highest BCUT2D eigenvalue weighted by atomic mass is 79.9. The number of ketones is 1. The van der Waals surface area contributed by atoms with E-state index in [1.807, 2.05) is 18.2 Å². The van der Waals surface area contributed by atoms with Crippen molar-refractivity contribution in [3.8, 4) is 0 Å². The van der Waals surface area contributed by atoms with Gasteiger partial charge in [-0.3, -0.25) is 4.79 Å². The maximum Gasteiger partial charge on any atom is 0.147 e. The summed E-state index contributed by atoms with van der Waals surface area (Å²) in [5.74, 6) is 0.590. The second-order valence-corrected chi connectivity index (χ2v) is 4.26. The van der Waals surface area contributed by atoms with E-state index in [1.54, 1.807) is 0 Å². The number of alkyl halides is 2. The van der Waals surface area contributed by atoms with Crippen molar-refractivity contribution in [2.45, 2.75) is 17.2 Å². The fraction of sp³-hybridized carbons (Fsp3) is 0.300. The minimum absolute atomic E-state index is 0.164. The molecule has 14 heavy (non-hydrogen) atoms. The molecule has 0 aliphatic carbocycles. The van der Waals surface area contributed by atoms with Crippen LogP contribution < -0.4 is 0 Å². The van der Waals surface area contributed by atoms with E-state index >= 15 is 0 Å². The zero-order valence-electron chi connectivity index (χ0n) is 7.46. The zero-order valence-corrected chi connectivity index (χ0v) is 10.7. The van der Waals surface area contributed by atoms with Gasteiger partial charge in [0.1, 0.15) is 5.78 Å². The molecule has 0 saturated carbocycles. The maximum atomic E-state index is 11.2. The fourth-order valence-electron chi connectivity index (χ4n) is 1.13. The van der Waals surface area contributed by atoms with Crippen LogP contribution in [-0.2, 0) is 17.1 Å². The van der Waals surface area contributed by atoms with Crippen molar-refractivity contribution in [3.05, 3.63) is 29.3 Å². The first-order valence-electron chi connectivity index (χ1n) is 4.11. The van der Waals surface area contributed by atoms with Gasteiger partial charge in [-0.1, -0.05) is 28.1 Å². The lowest BCUT2D eigenvalue weighted by molar-refractivity contribution is -0.115. The molecule has 0 aliphatic heterocycles. The molecule has 0 aliphatic rings. The van der Waals surface area contributed by atoms with Gasteiger partial charge in [-0.25, -0.2) is 0 Å². The number of thiol groups is 1. The number of Topliss-reactive ketones (excluding diaryl/α,β-unsaturated/α-hetero) is 1. The molecule has 1 aromatic carbocycles. The fourth-order valence-corrected chi connectivity index (χ4v) is 1.86. The van der Waals surface area contributed by atoms with Crippen LogP contribution in [0.4, 0.5) is 0 Å². The monoisotopic (exact) mass is 292 g/mol. The SMILES string of the molecule is O=C(CBr)Cc1ccc(S)c(CCl)c1. The highest BCUT2D eigenvalue weighted by Gasteiger charge is 2.04. The number of halogens is 2. The smallest absolute Gasteiger partial charge is 0.147 e. The first kappa shape index (κ1) is 12.1.